The van der Waals surface area contributed by atoms with E-state index in [1.807, 2.05) is 20.8 Å². The first-order valence-corrected chi connectivity index (χ1v) is 3.53. The fraction of sp³-hybridized carbons (Fsp3) is 1.00. The van der Waals surface area contributed by atoms with Crippen molar-refractivity contribution in [1.29, 1.82) is 0 Å². The van der Waals surface area contributed by atoms with Crippen LogP contribution in [0.4, 0.5) is 0 Å². The minimum Gasteiger partial charge on any atom is -0.394 e. The van der Waals surface area contributed by atoms with E-state index >= 15 is 0 Å². The highest BCUT2D eigenvalue weighted by Gasteiger charge is 2.03. The van der Waals surface area contributed by atoms with Gasteiger partial charge < -0.3 is 9.84 Å². The van der Waals surface area contributed by atoms with Gasteiger partial charge in [-0.25, -0.2) is 0 Å². The van der Waals surface area contributed by atoms with Gasteiger partial charge in [0.15, 0.2) is 0 Å². The van der Waals surface area contributed by atoms with E-state index in [2.05, 4.69) is 0 Å². The van der Waals surface area contributed by atoms with Crippen molar-refractivity contribution in [1.82, 2.24) is 0 Å². The number of ether oxygens (including phenoxy) is 1. The number of aliphatic hydroxyl groups is 1. The molecule has 2 heteroatoms. The van der Waals surface area contributed by atoms with Crippen LogP contribution in [0.3, 0.4) is 0 Å². The van der Waals surface area contributed by atoms with Crippen molar-refractivity contribution in [2.24, 2.45) is 0 Å². The average Bonchev–Trinajstić information content (AvgIpc) is 1.63. The summed E-state index contributed by atoms with van der Waals surface area (Å²) < 4.78 is 4.94. The summed E-state index contributed by atoms with van der Waals surface area (Å²) in [5.74, 6) is 0. The molecule has 2 nitrogen and oxygen atoms in total. The van der Waals surface area contributed by atoms with Gasteiger partial charge in [-0.3, -0.25) is 0 Å². The number of hydrogen-bond acceptors (Lipinski definition) is 2. The lowest BCUT2D eigenvalue weighted by Crippen LogP contribution is -2.15. The number of aliphatic hydroxyl groups excluding tert-OH is 1. The molecule has 0 amide bonds. The molecule has 0 fully saturated rings. The molecule has 0 rings (SSSR count). The molecular weight excluding hydrogens is 128 g/mol. The van der Waals surface area contributed by atoms with Crippen molar-refractivity contribution in [2.45, 2.75) is 46.3 Å². The first kappa shape index (κ1) is 12.6. The Morgan fingerprint density at radius 2 is 1.30 bits per heavy atom. The number of methoxy groups -OCH3 is 1. The van der Waals surface area contributed by atoms with Crippen LogP contribution in [0.2, 0.25) is 0 Å². The first-order valence-electron chi connectivity index (χ1n) is 3.53. The van der Waals surface area contributed by atoms with Gasteiger partial charge in [-0.1, -0.05) is 0 Å². The third-order valence-electron chi connectivity index (χ3n) is 0.612. The molecule has 0 aromatic heterocycles. The van der Waals surface area contributed by atoms with E-state index in [1.54, 1.807) is 21.0 Å². The van der Waals surface area contributed by atoms with Crippen LogP contribution in [0.15, 0.2) is 0 Å². The standard InChI is InChI=1S/C5H12O.C3H8O/c1-5(2,3)6-4;1-3(2)4/h1-4H3;3-4H,1-2H3. The molecule has 0 unspecified atom stereocenters. The maximum Gasteiger partial charge on any atom is 0.0594 e. The molecule has 64 valence electrons. The third kappa shape index (κ3) is 44.5. The molecule has 0 bridgehead atoms. The monoisotopic (exact) mass is 148 g/mol. The summed E-state index contributed by atoms with van der Waals surface area (Å²) in [6, 6.07) is 0. The Bertz CT molecular complexity index is 59.4. The summed E-state index contributed by atoms with van der Waals surface area (Å²) in [4.78, 5) is 0. The Balaban J connectivity index is 0. The molecule has 0 aliphatic carbocycles. The van der Waals surface area contributed by atoms with Gasteiger partial charge in [0.25, 0.3) is 0 Å². The molecule has 0 radical (unpaired) electrons. The van der Waals surface area contributed by atoms with E-state index in [4.69, 9.17) is 9.84 Å². The Kier molecular flexibility index (Phi) is 7.15. The van der Waals surface area contributed by atoms with E-state index in [0.29, 0.717) is 0 Å². The summed E-state index contributed by atoms with van der Waals surface area (Å²) >= 11 is 0. The largest absolute Gasteiger partial charge is 0.394 e. The predicted octanol–water partition coefficient (Wildman–Crippen LogP) is 1.82. The second kappa shape index (κ2) is 5.69. The summed E-state index contributed by atoms with van der Waals surface area (Å²) in [6.45, 7) is 9.51. The Morgan fingerprint density at radius 1 is 1.20 bits per heavy atom. The lowest BCUT2D eigenvalue weighted by molar-refractivity contribution is 0.0397. The lowest BCUT2D eigenvalue weighted by Gasteiger charge is -2.14. The molecule has 1 N–H and O–H groups in total. The molecule has 0 spiro atoms. The van der Waals surface area contributed by atoms with Gasteiger partial charge in [0.05, 0.1) is 5.60 Å². The van der Waals surface area contributed by atoms with Crippen molar-refractivity contribution >= 4 is 0 Å². The van der Waals surface area contributed by atoms with Crippen LogP contribution >= 0.6 is 0 Å². The zero-order chi connectivity index (χ0) is 8.78. The van der Waals surface area contributed by atoms with Gasteiger partial charge in [0.2, 0.25) is 0 Å². The van der Waals surface area contributed by atoms with Crippen molar-refractivity contribution in [3.63, 3.8) is 0 Å². The summed E-state index contributed by atoms with van der Waals surface area (Å²) in [6.07, 6.45) is -0.167. The smallest absolute Gasteiger partial charge is 0.0594 e. The lowest BCUT2D eigenvalue weighted by atomic mass is 10.2. The summed E-state index contributed by atoms with van der Waals surface area (Å²) in [5.41, 5.74) is 0.0417. The highest BCUT2D eigenvalue weighted by atomic mass is 16.5. The molecule has 0 aromatic rings. The number of rotatable bonds is 0. The summed E-state index contributed by atoms with van der Waals surface area (Å²) in [5, 5.41) is 8.06. The van der Waals surface area contributed by atoms with Crippen LogP contribution < -0.4 is 0 Å². The van der Waals surface area contributed by atoms with Gasteiger partial charge >= 0.3 is 0 Å². The maximum absolute atomic E-state index is 8.06. The number of hydrogen-bond donors (Lipinski definition) is 1. The highest BCUT2D eigenvalue weighted by molar-refractivity contribution is 4.55. The van der Waals surface area contributed by atoms with E-state index in [1.165, 1.54) is 0 Å². The average molecular weight is 148 g/mol. The first-order chi connectivity index (χ1) is 4.29. The van der Waals surface area contributed by atoms with E-state index in [9.17, 15) is 0 Å². The fourth-order valence-corrected chi connectivity index (χ4v) is 0. The second-order valence-corrected chi connectivity index (χ2v) is 3.41. The van der Waals surface area contributed by atoms with Gasteiger partial charge in [0, 0.05) is 13.2 Å². The SMILES string of the molecule is CC(C)O.COC(C)(C)C. The molecule has 0 atom stereocenters. The highest BCUT2D eigenvalue weighted by Crippen LogP contribution is 2.02. The van der Waals surface area contributed by atoms with Gasteiger partial charge in [0.1, 0.15) is 0 Å². The van der Waals surface area contributed by atoms with Crippen molar-refractivity contribution in [3.05, 3.63) is 0 Å². The predicted molar refractivity (Wildman–Crippen MR) is 44.1 cm³/mol. The zero-order valence-electron chi connectivity index (χ0n) is 7.93. The fourth-order valence-electron chi connectivity index (χ4n) is 0. The van der Waals surface area contributed by atoms with Crippen molar-refractivity contribution in [2.75, 3.05) is 7.11 Å². The topological polar surface area (TPSA) is 29.5 Å². The minimum atomic E-state index is -0.167. The Morgan fingerprint density at radius 3 is 1.30 bits per heavy atom. The van der Waals surface area contributed by atoms with Crippen molar-refractivity contribution in [3.8, 4) is 0 Å². The van der Waals surface area contributed by atoms with Gasteiger partial charge in [-0.2, -0.15) is 0 Å². The minimum absolute atomic E-state index is 0.0417. The van der Waals surface area contributed by atoms with Crippen molar-refractivity contribution < 1.29 is 9.84 Å². The molecule has 0 aliphatic heterocycles. The van der Waals surface area contributed by atoms with E-state index in [-0.39, 0.29) is 11.7 Å². The van der Waals surface area contributed by atoms with Crippen LogP contribution in [0, 0.1) is 0 Å². The molecule has 0 saturated carbocycles. The van der Waals surface area contributed by atoms with E-state index in [0.717, 1.165) is 0 Å². The normalized spacial score (nSPS) is 10.8. The van der Waals surface area contributed by atoms with Crippen LogP contribution in [-0.4, -0.2) is 23.9 Å². The third-order valence-corrected chi connectivity index (χ3v) is 0.612. The molecule has 0 saturated heterocycles. The van der Waals surface area contributed by atoms with Crippen LogP contribution in [0.1, 0.15) is 34.6 Å². The zero-order valence-corrected chi connectivity index (χ0v) is 7.93. The Labute approximate surface area is 64.2 Å². The Hall–Kier alpha value is -0.0800. The summed E-state index contributed by atoms with van der Waals surface area (Å²) in [7, 11) is 1.71. The second-order valence-electron chi connectivity index (χ2n) is 3.41. The molecule has 10 heavy (non-hydrogen) atoms. The maximum atomic E-state index is 8.06. The van der Waals surface area contributed by atoms with Crippen LogP contribution in [0.25, 0.3) is 0 Å². The molecule has 0 aromatic carbocycles. The molecule has 0 heterocycles. The van der Waals surface area contributed by atoms with Gasteiger partial charge in [-0.15, -0.1) is 0 Å². The van der Waals surface area contributed by atoms with Crippen LogP contribution in [-0.2, 0) is 4.74 Å². The van der Waals surface area contributed by atoms with Gasteiger partial charge in [-0.05, 0) is 34.6 Å². The quantitative estimate of drug-likeness (QED) is 0.568. The molecule has 0 aliphatic rings. The molecular formula is C8H20O2. The van der Waals surface area contributed by atoms with E-state index < -0.39 is 0 Å². The van der Waals surface area contributed by atoms with Crippen LogP contribution in [0.5, 0.6) is 0 Å².